The number of methoxy groups -OCH3 is 1. The summed E-state index contributed by atoms with van der Waals surface area (Å²) in [6, 6.07) is 5.91. The second kappa shape index (κ2) is 9.13. The van der Waals surface area contributed by atoms with Crippen LogP contribution in [0.25, 0.3) is 0 Å². The second-order valence-electron chi connectivity index (χ2n) is 6.34. The van der Waals surface area contributed by atoms with Crippen molar-refractivity contribution in [1.29, 1.82) is 0 Å². The van der Waals surface area contributed by atoms with Crippen molar-refractivity contribution in [3.63, 3.8) is 0 Å². The van der Waals surface area contributed by atoms with Gasteiger partial charge in [0.1, 0.15) is 5.82 Å². The predicted molar refractivity (Wildman–Crippen MR) is 101 cm³/mol. The zero-order valence-electron chi connectivity index (χ0n) is 16.1. The van der Waals surface area contributed by atoms with Gasteiger partial charge < -0.3 is 15.2 Å². The first-order valence-electron chi connectivity index (χ1n) is 8.85. The Kier molecular flexibility index (Phi) is 6.54. The number of aromatic nitrogens is 2. The van der Waals surface area contributed by atoms with Gasteiger partial charge in [-0.3, -0.25) is 15.3 Å². The molecule has 0 aliphatic rings. The summed E-state index contributed by atoms with van der Waals surface area (Å²) in [4.78, 5) is 8.15. The zero-order valence-corrected chi connectivity index (χ0v) is 16.1. The number of hydrogen-bond acceptors (Lipinski definition) is 6. The minimum Gasteiger partial charge on any atom is -0.493 e. The number of nitrogen functional groups attached to an aromatic ring is 1. The number of benzene rings is 1. The quantitative estimate of drug-likeness (QED) is 0.538. The van der Waals surface area contributed by atoms with E-state index in [1.807, 2.05) is 0 Å². The number of hydrogen-bond donors (Lipinski definition) is 2. The lowest BCUT2D eigenvalue weighted by atomic mass is 10.0. The molecule has 0 amide bonds. The summed E-state index contributed by atoms with van der Waals surface area (Å²) in [7, 11) is 1.44. The van der Waals surface area contributed by atoms with E-state index < -0.39 is 29.8 Å². The van der Waals surface area contributed by atoms with Crippen molar-refractivity contribution < 1.29 is 31.4 Å². The maximum atomic E-state index is 14.4. The Bertz CT molecular complexity index is 1060. The minimum atomic E-state index is -5.05. The van der Waals surface area contributed by atoms with Crippen molar-refractivity contribution in [3.8, 4) is 11.5 Å². The molecule has 2 aromatic heterocycles. The molecule has 3 aromatic rings. The molecular formula is C20H17F5N4O2. The predicted octanol–water partition coefficient (Wildman–Crippen LogP) is 4.12. The van der Waals surface area contributed by atoms with Crippen LogP contribution in [-0.4, -0.2) is 23.4 Å². The fraction of sp³-hybridized carbons (Fsp3) is 0.200. The fourth-order valence-electron chi connectivity index (χ4n) is 2.86. The Hall–Kier alpha value is -3.47. The van der Waals surface area contributed by atoms with Crippen LogP contribution < -0.4 is 20.5 Å². The third-order valence-corrected chi connectivity index (χ3v) is 4.24. The van der Waals surface area contributed by atoms with Crippen LogP contribution in [-0.2, 0) is 6.54 Å². The SMILES string of the molecule is COc1cnc(CNC(c2ccc(OC(F)(F)F)c(F)c2)c2ncccc2F)cc1N. The summed E-state index contributed by atoms with van der Waals surface area (Å²) in [5.74, 6) is -2.57. The van der Waals surface area contributed by atoms with E-state index in [0.29, 0.717) is 17.1 Å². The number of nitrogens with one attached hydrogen (secondary N) is 1. The van der Waals surface area contributed by atoms with Crippen LogP contribution in [0.5, 0.6) is 11.5 Å². The molecule has 0 saturated carbocycles. The highest BCUT2D eigenvalue weighted by molar-refractivity contribution is 5.51. The molecule has 0 aliphatic heterocycles. The smallest absolute Gasteiger partial charge is 0.493 e. The van der Waals surface area contributed by atoms with Crippen molar-refractivity contribution in [2.24, 2.45) is 0 Å². The molecule has 11 heteroatoms. The van der Waals surface area contributed by atoms with Crippen molar-refractivity contribution in [1.82, 2.24) is 15.3 Å². The van der Waals surface area contributed by atoms with E-state index in [1.54, 1.807) is 6.07 Å². The number of nitrogens with two attached hydrogens (primary N) is 1. The molecule has 0 saturated heterocycles. The van der Waals surface area contributed by atoms with Crippen LogP contribution >= 0.6 is 0 Å². The van der Waals surface area contributed by atoms with Crippen LogP contribution in [0.2, 0.25) is 0 Å². The molecule has 1 atom stereocenters. The normalized spacial score (nSPS) is 12.5. The molecule has 0 radical (unpaired) electrons. The van der Waals surface area contributed by atoms with E-state index in [1.165, 1.54) is 31.6 Å². The Morgan fingerprint density at radius 1 is 1.06 bits per heavy atom. The van der Waals surface area contributed by atoms with E-state index in [9.17, 15) is 22.0 Å². The van der Waals surface area contributed by atoms with Crippen molar-refractivity contribution in [2.45, 2.75) is 18.9 Å². The molecule has 3 rings (SSSR count). The van der Waals surface area contributed by atoms with E-state index in [-0.39, 0.29) is 17.8 Å². The van der Waals surface area contributed by atoms with Crippen molar-refractivity contribution in [2.75, 3.05) is 12.8 Å². The number of pyridine rings is 2. The Balaban J connectivity index is 1.91. The van der Waals surface area contributed by atoms with Gasteiger partial charge in [0.05, 0.1) is 36.4 Å². The van der Waals surface area contributed by atoms with E-state index in [0.717, 1.165) is 18.2 Å². The molecule has 6 nitrogen and oxygen atoms in total. The molecule has 0 aliphatic carbocycles. The second-order valence-corrected chi connectivity index (χ2v) is 6.34. The van der Waals surface area contributed by atoms with E-state index in [4.69, 9.17) is 10.5 Å². The number of ether oxygens (including phenoxy) is 2. The topological polar surface area (TPSA) is 82.3 Å². The van der Waals surface area contributed by atoms with Gasteiger partial charge in [-0.15, -0.1) is 13.2 Å². The summed E-state index contributed by atoms with van der Waals surface area (Å²) < 4.78 is 74.5. The van der Waals surface area contributed by atoms with Gasteiger partial charge in [0.2, 0.25) is 0 Å². The summed E-state index contributed by atoms with van der Waals surface area (Å²) in [5, 5.41) is 2.98. The first kappa shape index (κ1) is 22.2. The molecule has 0 spiro atoms. The van der Waals surface area contributed by atoms with Crippen molar-refractivity contribution in [3.05, 3.63) is 77.4 Å². The third-order valence-electron chi connectivity index (χ3n) is 4.24. The maximum absolute atomic E-state index is 14.4. The average molecular weight is 440 g/mol. The lowest BCUT2D eigenvalue weighted by molar-refractivity contribution is -0.275. The molecule has 164 valence electrons. The minimum absolute atomic E-state index is 0.0668. The van der Waals surface area contributed by atoms with Gasteiger partial charge in [-0.1, -0.05) is 6.07 Å². The number of nitrogens with zero attached hydrogens (tertiary/aromatic N) is 2. The molecule has 0 fully saturated rings. The molecule has 31 heavy (non-hydrogen) atoms. The van der Waals surface area contributed by atoms with Crippen LogP contribution in [0, 0.1) is 11.6 Å². The highest BCUT2D eigenvalue weighted by Gasteiger charge is 2.32. The maximum Gasteiger partial charge on any atom is 0.573 e. The highest BCUT2D eigenvalue weighted by Crippen LogP contribution is 2.30. The number of rotatable bonds is 7. The van der Waals surface area contributed by atoms with Gasteiger partial charge >= 0.3 is 6.36 Å². The fourth-order valence-corrected chi connectivity index (χ4v) is 2.86. The molecule has 3 N–H and O–H groups in total. The van der Waals surface area contributed by atoms with Crippen LogP contribution in [0.3, 0.4) is 0 Å². The molecule has 0 bridgehead atoms. The molecule has 1 unspecified atom stereocenters. The number of anilines is 1. The first-order chi connectivity index (χ1) is 14.7. The monoisotopic (exact) mass is 440 g/mol. The summed E-state index contributed by atoms with van der Waals surface area (Å²) in [6.45, 7) is 0.0668. The van der Waals surface area contributed by atoms with Gasteiger partial charge in [-0.25, -0.2) is 8.78 Å². The first-order valence-corrected chi connectivity index (χ1v) is 8.85. The van der Waals surface area contributed by atoms with Gasteiger partial charge in [0.25, 0.3) is 0 Å². The molecule has 1 aromatic carbocycles. The summed E-state index contributed by atoms with van der Waals surface area (Å²) >= 11 is 0. The number of halogens is 5. The van der Waals surface area contributed by atoms with Gasteiger partial charge in [0, 0.05) is 12.7 Å². The standard InChI is InChI=1S/C20H17F5N4O2/c1-30-17-10-28-12(8-15(17)26)9-29-18(19-13(21)3-2-6-27-19)11-4-5-16(14(22)7-11)31-20(23,24)25/h2-8,10,18,29H,9H2,1H3,(H2,26,28). The lowest BCUT2D eigenvalue weighted by Crippen LogP contribution is -2.25. The van der Waals surface area contributed by atoms with Crippen molar-refractivity contribution >= 4 is 5.69 Å². The highest BCUT2D eigenvalue weighted by atomic mass is 19.4. The van der Waals surface area contributed by atoms with Crippen LogP contribution in [0.15, 0.2) is 48.8 Å². The summed E-state index contributed by atoms with van der Waals surface area (Å²) in [5.41, 5.74) is 6.70. The zero-order chi connectivity index (χ0) is 22.6. The number of alkyl halides is 3. The average Bonchev–Trinajstić information content (AvgIpc) is 2.70. The van der Waals surface area contributed by atoms with E-state index in [2.05, 4.69) is 20.0 Å². The largest absolute Gasteiger partial charge is 0.573 e. The summed E-state index contributed by atoms with van der Waals surface area (Å²) in [6.07, 6.45) is -2.30. The molecular weight excluding hydrogens is 423 g/mol. The Morgan fingerprint density at radius 3 is 2.45 bits per heavy atom. The van der Waals surface area contributed by atoms with Gasteiger partial charge in [0.15, 0.2) is 17.3 Å². The van der Waals surface area contributed by atoms with Crippen LogP contribution in [0.1, 0.15) is 23.0 Å². The van der Waals surface area contributed by atoms with Gasteiger partial charge in [-0.2, -0.15) is 0 Å². The lowest BCUT2D eigenvalue weighted by Gasteiger charge is -2.20. The van der Waals surface area contributed by atoms with Gasteiger partial charge in [-0.05, 0) is 35.9 Å². The molecule has 2 heterocycles. The van der Waals surface area contributed by atoms with E-state index >= 15 is 0 Å². The third kappa shape index (κ3) is 5.57. The van der Waals surface area contributed by atoms with Crippen LogP contribution in [0.4, 0.5) is 27.6 Å². The Morgan fingerprint density at radius 2 is 1.84 bits per heavy atom. The Labute approximate surface area is 173 Å².